The summed E-state index contributed by atoms with van der Waals surface area (Å²) in [6.45, 7) is 6.10. The first-order chi connectivity index (χ1) is 5.44. The Morgan fingerprint density at radius 2 is 2.08 bits per heavy atom. The maximum atomic E-state index is 10.7. The van der Waals surface area contributed by atoms with Gasteiger partial charge in [0.2, 0.25) is 0 Å². The molecule has 1 unspecified atom stereocenters. The second-order valence-electron chi connectivity index (χ2n) is 3.90. The van der Waals surface area contributed by atoms with Crippen molar-refractivity contribution in [2.45, 2.75) is 33.6 Å². The highest BCUT2D eigenvalue weighted by Gasteiger charge is 2.29. The van der Waals surface area contributed by atoms with Crippen LogP contribution in [0.2, 0.25) is 0 Å². The van der Waals surface area contributed by atoms with E-state index in [1.54, 1.807) is 13.8 Å². The highest BCUT2D eigenvalue weighted by molar-refractivity contribution is 5.73. The van der Waals surface area contributed by atoms with Gasteiger partial charge in [-0.25, -0.2) is 0 Å². The molecule has 0 saturated carbocycles. The van der Waals surface area contributed by atoms with Gasteiger partial charge in [0.05, 0.1) is 5.41 Å². The quantitative estimate of drug-likeness (QED) is 0.661. The summed E-state index contributed by atoms with van der Waals surface area (Å²) in [4.78, 5) is 10.7. The van der Waals surface area contributed by atoms with E-state index in [4.69, 9.17) is 10.8 Å². The number of hydrogen-bond acceptors (Lipinski definition) is 2. The first kappa shape index (κ1) is 11.4. The second-order valence-corrected chi connectivity index (χ2v) is 3.90. The van der Waals surface area contributed by atoms with E-state index in [9.17, 15) is 4.79 Å². The standard InChI is InChI=1S/C9H19NO2/c1-4-7(6-10)5-9(2,3)8(11)12/h7H,4-6,10H2,1-3H3,(H,11,12). The Morgan fingerprint density at radius 3 is 2.33 bits per heavy atom. The van der Waals surface area contributed by atoms with E-state index in [-0.39, 0.29) is 0 Å². The summed E-state index contributed by atoms with van der Waals surface area (Å²) < 4.78 is 0. The summed E-state index contributed by atoms with van der Waals surface area (Å²) >= 11 is 0. The minimum atomic E-state index is -0.741. The molecule has 12 heavy (non-hydrogen) atoms. The van der Waals surface area contributed by atoms with E-state index in [0.717, 1.165) is 6.42 Å². The third kappa shape index (κ3) is 3.22. The Labute approximate surface area is 74.0 Å². The van der Waals surface area contributed by atoms with E-state index in [2.05, 4.69) is 0 Å². The highest BCUT2D eigenvalue weighted by Crippen LogP contribution is 2.26. The van der Waals surface area contributed by atoms with Gasteiger partial charge in [0.1, 0.15) is 0 Å². The zero-order valence-electron chi connectivity index (χ0n) is 8.13. The average Bonchev–Trinajstić information content (AvgIpc) is 2.00. The summed E-state index contributed by atoms with van der Waals surface area (Å²) in [5.74, 6) is -0.412. The second kappa shape index (κ2) is 4.45. The number of carbonyl (C=O) groups is 1. The van der Waals surface area contributed by atoms with Gasteiger partial charge < -0.3 is 10.8 Å². The van der Waals surface area contributed by atoms with Gasteiger partial charge in [-0.3, -0.25) is 4.79 Å². The molecule has 0 heterocycles. The van der Waals surface area contributed by atoms with Crippen LogP contribution in [0.3, 0.4) is 0 Å². The molecule has 0 aliphatic rings. The number of nitrogens with two attached hydrogens (primary N) is 1. The first-order valence-corrected chi connectivity index (χ1v) is 4.37. The minimum absolute atomic E-state index is 0.330. The summed E-state index contributed by atoms with van der Waals surface area (Å²) in [6, 6.07) is 0. The predicted molar refractivity (Wildman–Crippen MR) is 48.9 cm³/mol. The minimum Gasteiger partial charge on any atom is -0.481 e. The molecule has 0 aliphatic carbocycles. The van der Waals surface area contributed by atoms with Gasteiger partial charge in [0.15, 0.2) is 0 Å². The van der Waals surface area contributed by atoms with Gasteiger partial charge in [-0.1, -0.05) is 13.3 Å². The lowest BCUT2D eigenvalue weighted by molar-refractivity contribution is -0.147. The molecule has 0 rings (SSSR count). The van der Waals surface area contributed by atoms with Crippen molar-refractivity contribution >= 4 is 5.97 Å². The van der Waals surface area contributed by atoms with Crippen LogP contribution in [0, 0.1) is 11.3 Å². The maximum absolute atomic E-state index is 10.7. The largest absolute Gasteiger partial charge is 0.481 e. The van der Waals surface area contributed by atoms with Crippen molar-refractivity contribution in [2.24, 2.45) is 17.1 Å². The van der Waals surface area contributed by atoms with Crippen molar-refractivity contribution in [1.29, 1.82) is 0 Å². The normalized spacial score (nSPS) is 14.3. The van der Waals surface area contributed by atoms with E-state index < -0.39 is 11.4 Å². The molecule has 0 aromatic rings. The van der Waals surface area contributed by atoms with Crippen LogP contribution in [-0.4, -0.2) is 17.6 Å². The van der Waals surface area contributed by atoms with Gasteiger partial charge in [0.25, 0.3) is 0 Å². The first-order valence-electron chi connectivity index (χ1n) is 4.37. The number of carboxylic acid groups (broad SMARTS) is 1. The topological polar surface area (TPSA) is 63.3 Å². The lowest BCUT2D eigenvalue weighted by Crippen LogP contribution is -2.29. The van der Waals surface area contributed by atoms with E-state index in [1.165, 1.54) is 0 Å². The molecule has 0 radical (unpaired) electrons. The van der Waals surface area contributed by atoms with Crippen molar-refractivity contribution in [1.82, 2.24) is 0 Å². The molecule has 0 spiro atoms. The predicted octanol–water partition coefficient (Wildman–Crippen LogP) is 1.47. The molecular weight excluding hydrogens is 154 g/mol. The molecule has 0 saturated heterocycles. The van der Waals surface area contributed by atoms with Crippen molar-refractivity contribution < 1.29 is 9.90 Å². The van der Waals surface area contributed by atoms with Crippen molar-refractivity contribution in [3.8, 4) is 0 Å². The monoisotopic (exact) mass is 173 g/mol. The van der Waals surface area contributed by atoms with Gasteiger partial charge in [-0.15, -0.1) is 0 Å². The molecule has 0 aromatic heterocycles. The van der Waals surface area contributed by atoms with Crippen LogP contribution in [0.5, 0.6) is 0 Å². The average molecular weight is 173 g/mol. The van der Waals surface area contributed by atoms with E-state index >= 15 is 0 Å². The molecule has 0 amide bonds. The molecule has 0 aliphatic heterocycles. The Bertz CT molecular complexity index is 151. The fourth-order valence-corrected chi connectivity index (χ4v) is 1.20. The van der Waals surface area contributed by atoms with Crippen molar-refractivity contribution in [2.75, 3.05) is 6.54 Å². The number of hydrogen-bond donors (Lipinski definition) is 2. The lowest BCUT2D eigenvalue weighted by atomic mass is 9.82. The third-order valence-electron chi connectivity index (χ3n) is 2.29. The molecule has 3 heteroatoms. The summed E-state index contributed by atoms with van der Waals surface area (Å²) in [7, 11) is 0. The van der Waals surface area contributed by atoms with Crippen LogP contribution in [-0.2, 0) is 4.79 Å². The van der Waals surface area contributed by atoms with Gasteiger partial charge in [-0.2, -0.15) is 0 Å². The number of aliphatic carboxylic acids is 1. The van der Waals surface area contributed by atoms with Crippen LogP contribution in [0.4, 0.5) is 0 Å². The number of carboxylic acids is 1. The zero-order chi connectivity index (χ0) is 9.78. The van der Waals surface area contributed by atoms with Crippen LogP contribution in [0.15, 0.2) is 0 Å². The van der Waals surface area contributed by atoms with Crippen molar-refractivity contribution in [3.63, 3.8) is 0 Å². The van der Waals surface area contributed by atoms with E-state index in [1.807, 2.05) is 6.92 Å². The molecule has 0 bridgehead atoms. The molecule has 3 N–H and O–H groups in total. The molecule has 0 fully saturated rings. The highest BCUT2D eigenvalue weighted by atomic mass is 16.4. The Hall–Kier alpha value is -0.570. The molecule has 1 atom stereocenters. The molecule has 3 nitrogen and oxygen atoms in total. The summed E-state index contributed by atoms with van der Waals surface area (Å²) in [6.07, 6.45) is 1.61. The molecule has 72 valence electrons. The van der Waals surface area contributed by atoms with Crippen LogP contribution in [0.1, 0.15) is 33.6 Å². The smallest absolute Gasteiger partial charge is 0.309 e. The lowest BCUT2D eigenvalue weighted by Gasteiger charge is -2.24. The fourth-order valence-electron chi connectivity index (χ4n) is 1.20. The SMILES string of the molecule is CCC(CN)CC(C)(C)C(=O)O. The van der Waals surface area contributed by atoms with Crippen LogP contribution in [0.25, 0.3) is 0 Å². The Morgan fingerprint density at radius 1 is 1.58 bits per heavy atom. The summed E-state index contributed by atoms with van der Waals surface area (Å²) in [5.41, 5.74) is 4.86. The Kier molecular flexibility index (Phi) is 4.24. The van der Waals surface area contributed by atoms with Gasteiger partial charge in [0, 0.05) is 0 Å². The van der Waals surface area contributed by atoms with Crippen LogP contribution < -0.4 is 5.73 Å². The van der Waals surface area contributed by atoms with Crippen molar-refractivity contribution in [3.05, 3.63) is 0 Å². The van der Waals surface area contributed by atoms with E-state index in [0.29, 0.717) is 18.9 Å². The maximum Gasteiger partial charge on any atom is 0.309 e. The zero-order valence-corrected chi connectivity index (χ0v) is 8.13. The Balaban J connectivity index is 4.12. The van der Waals surface area contributed by atoms with Gasteiger partial charge >= 0.3 is 5.97 Å². The van der Waals surface area contributed by atoms with Crippen LogP contribution >= 0.6 is 0 Å². The number of rotatable bonds is 5. The van der Waals surface area contributed by atoms with Gasteiger partial charge in [-0.05, 0) is 32.7 Å². The molecular formula is C9H19NO2. The fraction of sp³-hybridized carbons (Fsp3) is 0.889. The summed E-state index contributed by atoms with van der Waals surface area (Å²) in [5, 5.41) is 8.84. The molecule has 0 aromatic carbocycles. The third-order valence-corrected chi connectivity index (χ3v) is 2.29.